The van der Waals surface area contributed by atoms with E-state index in [4.69, 9.17) is 9.26 Å². The summed E-state index contributed by atoms with van der Waals surface area (Å²) in [5, 5.41) is 16.9. The Labute approximate surface area is 168 Å². The molecule has 0 saturated heterocycles. The second-order valence-electron chi connectivity index (χ2n) is 6.10. The molecule has 0 aliphatic heterocycles. The number of aromatic nitrogens is 1. The maximum Gasteiger partial charge on any atom is 0.338 e. The Morgan fingerprint density at radius 1 is 1.23 bits per heavy atom. The van der Waals surface area contributed by atoms with Crippen molar-refractivity contribution < 1.29 is 27.8 Å². The van der Waals surface area contributed by atoms with E-state index in [0.29, 0.717) is 17.4 Å². The van der Waals surface area contributed by atoms with Gasteiger partial charge in [-0.15, -0.1) is 0 Å². The quantitative estimate of drug-likeness (QED) is 0.454. The number of hydrogen-bond acceptors (Lipinski definition) is 6. The van der Waals surface area contributed by atoms with Crippen molar-refractivity contribution in [3.8, 4) is 5.75 Å². The summed E-state index contributed by atoms with van der Waals surface area (Å²) in [6.45, 7) is 1.10. The standard InChI is InChI=1S/C20H15F2N3O5/c1-12-20(25(27)28)18(30-24-12)9-4-13-2-6-15(7-3-13)29-11-19(26)23-17-8-5-14(21)10-16(17)22/h2-10H,11H2,1H3,(H,23,26)/b9-4+. The molecule has 0 unspecified atom stereocenters. The van der Waals surface area contributed by atoms with Crippen molar-refractivity contribution in [2.24, 2.45) is 0 Å². The van der Waals surface area contributed by atoms with Gasteiger partial charge in [0, 0.05) is 6.07 Å². The van der Waals surface area contributed by atoms with E-state index in [1.165, 1.54) is 13.0 Å². The molecule has 2 aromatic carbocycles. The third-order valence-electron chi connectivity index (χ3n) is 3.92. The number of halogens is 2. The highest BCUT2D eigenvalue weighted by Crippen LogP contribution is 2.25. The first kappa shape index (κ1) is 20.6. The molecule has 0 saturated carbocycles. The smallest absolute Gasteiger partial charge is 0.338 e. The Morgan fingerprint density at radius 2 is 1.97 bits per heavy atom. The van der Waals surface area contributed by atoms with Gasteiger partial charge in [-0.25, -0.2) is 8.78 Å². The molecule has 0 fully saturated rings. The summed E-state index contributed by atoms with van der Waals surface area (Å²) in [5.41, 5.74) is 0.530. The lowest BCUT2D eigenvalue weighted by atomic mass is 10.2. The van der Waals surface area contributed by atoms with Crippen LogP contribution in [0.4, 0.5) is 20.2 Å². The summed E-state index contributed by atoms with van der Waals surface area (Å²) in [6.07, 6.45) is 3.03. The molecule has 0 aliphatic rings. The van der Waals surface area contributed by atoms with Gasteiger partial charge in [0.15, 0.2) is 12.3 Å². The number of nitrogens with zero attached hydrogens (tertiary/aromatic N) is 2. The highest BCUT2D eigenvalue weighted by Gasteiger charge is 2.21. The van der Waals surface area contributed by atoms with Crippen molar-refractivity contribution in [1.29, 1.82) is 0 Å². The normalized spacial score (nSPS) is 10.9. The Hall–Kier alpha value is -4.08. The van der Waals surface area contributed by atoms with Crippen LogP contribution in [0.25, 0.3) is 12.2 Å². The number of anilines is 1. The molecule has 0 radical (unpaired) electrons. The van der Waals surface area contributed by atoms with Gasteiger partial charge in [0.1, 0.15) is 17.4 Å². The molecule has 1 amide bonds. The number of amides is 1. The highest BCUT2D eigenvalue weighted by atomic mass is 19.1. The van der Waals surface area contributed by atoms with Crippen LogP contribution in [0.2, 0.25) is 0 Å². The average molecular weight is 415 g/mol. The Balaban J connectivity index is 1.57. The van der Waals surface area contributed by atoms with E-state index in [9.17, 15) is 23.7 Å². The molecule has 1 heterocycles. The zero-order chi connectivity index (χ0) is 21.7. The van der Waals surface area contributed by atoms with E-state index in [-0.39, 0.29) is 29.4 Å². The molecular formula is C20H15F2N3O5. The summed E-state index contributed by atoms with van der Waals surface area (Å²) >= 11 is 0. The van der Waals surface area contributed by atoms with Crippen LogP contribution in [0.3, 0.4) is 0 Å². The van der Waals surface area contributed by atoms with Crippen LogP contribution >= 0.6 is 0 Å². The number of carbonyl (C=O) groups excluding carboxylic acids is 1. The molecule has 30 heavy (non-hydrogen) atoms. The van der Waals surface area contributed by atoms with Crippen LogP contribution in [-0.2, 0) is 4.79 Å². The SMILES string of the molecule is Cc1noc(/C=C/c2ccc(OCC(=O)Nc3ccc(F)cc3F)cc2)c1[N+](=O)[O-]. The van der Waals surface area contributed by atoms with Crippen LogP contribution < -0.4 is 10.1 Å². The zero-order valence-electron chi connectivity index (χ0n) is 15.6. The van der Waals surface area contributed by atoms with E-state index < -0.39 is 22.5 Å². The number of hydrogen-bond donors (Lipinski definition) is 1. The minimum atomic E-state index is -0.887. The fourth-order valence-corrected chi connectivity index (χ4v) is 2.49. The van der Waals surface area contributed by atoms with E-state index in [1.807, 2.05) is 0 Å². The summed E-state index contributed by atoms with van der Waals surface area (Å²) < 4.78 is 36.7. The molecule has 3 aromatic rings. The van der Waals surface area contributed by atoms with Crippen molar-refractivity contribution >= 4 is 29.4 Å². The zero-order valence-corrected chi connectivity index (χ0v) is 15.6. The lowest BCUT2D eigenvalue weighted by molar-refractivity contribution is -0.386. The number of benzene rings is 2. The van der Waals surface area contributed by atoms with Crippen LogP contribution in [0, 0.1) is 28.7 Å². The van der Waals surface area contributed by atoms with Crippen molar-refractivity contribution in [3.63, 3.8) is 0 Å². The van der Waals surface area contributed by atoms with Crippen molar-refractivity contribution in [2.75, 3.05) is 11.9 Å². The van der Waals surface area contributed by atoms with Crippen LogP contribution in [-0.4, -0.2) is 22.6 Å². The summed E-state index contributed by atoms with van der Waals surface area (Å²) in [4.78, 5) is 22.3. The minimum absolute atomic E-state index is 0.0301. The van der Waals surface area contributed by atoms with E-state index in [2.05, 4.69) is 10.5 Å². The molecule has 1 N–H and O–H groups in total. The molecule has 10 heteroatoms. The summed E-state index contributed by atoms with van der Waals surface area (Å²) in [5.74, 6) is -1.84. The second-order valence-corrected chi connectivity index (χ2v) is 6.10. The fraction of sp³-hybridized carbons (Fsp3) is 0.100. The van der Waals surface area contributed by atoms with Gasteiger partial charge in [-0.1, -0.05) is 23.4 Å². The third-order valence-corrected chi connectivity index (χ3v) is 3.92. The van der Waals surface area contributed by atoms with Gasteiger partial charge in [-0.2, -0.15) is 0 Å². The maximum atomic E-state index is 13.5. The van der Waals surface area contributed by atoms with Crippen LogP contribution in [0.15, 0.2) is 47.0 Å². The topological polar surface area (TPSA) is 108 Å². The Bertz CT molecular complexity index is 1110. The fourth-order valence-electron chi connectivity index (χ4n) is 2.49. The van der Waals surface area contributed by atoms with Gasteiger partial charge >= 0.3 is 5.69 Å². The van der Waals surface area contributed by atoms with Gasteiger partial charge in [0.25, 0.3) is 5.91 Å². The van der Waals surface area contributed by atoms with Crippen LogP contribution in [0.1, 0.15) is 17.0 Å². The monoisotopic (exact) mass is 415 g/mol. The molecule has 0 aliphatic carbocycles. The van der Waals surface area contributed by atoms with E-state index >= 15 is 0 Å². The van der Waals surface area contributed by atoms with Gasteiger partial charge in [0.2, 0.25) is 5.76 Å². The van der Waals surface area contributed by atoms with Gasteiger partial charge in [-0.3, -0.25) is 14.9 Å². The maximum absolute atomic E-state index is 13.5. The molecule has 1 aromatic heterocycles. The highest BCUT2D eigenvalue weighted by molar-refractivity contribution is 5.92. The first-order valence-electron chi connectivity index (χ1n) is 8.60. The number of aryl methyl sites for hydroxylation is 1. The predicted molar refractivity (Wildman–Crippen MR) is 104 cm³/mol. The minimum Gasteiger partial charge on any atom is -0.484 e. The average Bonchev–Trinajstić information content (AvgIpc) is 3.08. The van der Waals surface area contributed by atoms with Gasteiger partial charge in [-0.05, 0) is 42.8 Å². The Kier molecular flexibility index (Phi) is 6.16. The molecule has 0 spiro atoms. The number of ether oxygens (including phenoxy) is 1. The third kappa shape index (κ3) is 5.04. The second kappa shape index (κ2) is 8.95. The first-order valence-corrected chi connectivity index (χ1v) is 8.60. The van der Waals surface area contributed by atoms with Gasteiger partial charge in [0.05, 0.1) is 10.6 Å². The van der Waals surface area contributed by atoms with E-state index in [1.54, 1.807) is 30.3 Å². The summed E-state index contributed by atoms with van der Waals surface area (Å²) in [6, 6.07) is 9.32. The number of nitrogens with one attached hydrogen (secondary N) is 1. The Morgan fingerprint density at radius 3 is 2.63 bits per heavy atom. The summed E-state index contributed by atoms with van der Waals surface area (Å²) in [7, 11) is 0. The number of rotatable bonds is 7. The van der Waals surface area contributed by atoms with Crippen molar-refractivity contribution in [3.05, 3.63) is 81.2 Å². The first-order chi connectivity index (χ1) is 14.3. The van der Waals surface area contributed by atoms with Crippen LogP contribution in [0.5, 0.6) is 5.75 Å². The van der Waals surface area contributed by atoms with E-state index in [0.717, 1.165) is 12.1 Å². The van der Waals surface area contributed by atoms with Crippen molar-refractivity contribution in [2.45, 2.75) is 6.92 Å². The molecule has 8 nitrogen and oxygen atoms in total. The molecule has 0 bridgehead atoms. The lowest BCUT2D eigenvalue weighted by Crippen LogP contribution is -2.20. The lowest BCUT2D eigenvalue weighted by Gasteiger charge is -2.08. The van der Waals surface area contributed by atoms with Gasteiger partial charge < -0.3 is 14.6 Å². The number of nitro groups is 1. The number of carbonyl (C=O) groups is 1. The molecule has 3 rings (SSSR count). The molecule has 0 atom stereocenters. The largest absolute Gasteiger partial charge is 0.484 e. The molecule has 154 valence electrons. The predicted octanol–water partition coefficient (Wildman–Crippen LogP) is 4.36. The molecular weight excluding hydrogens is 400 g/mol. The van der Waals surface area contributed by atoms with Crippen molar-refractivity contribution in [1.82, 2.24) is 5.16 Å².